The lowest BCUT2D eigenvalue weighted by atomic mass is 10.1. The summed E-state index contributed by atoms with van der Waals surface area (Å²) < 4.78 is 66.3. The second kappa shape index (κ2) is 5.69. The molecule has 0 radical (unpaired) electrons. The number of benzene rings is 2. The lowest BCUT2D eigenvalue weighted by Gasteiger charge is -2.40. The molecule has 0 amide bonds. The van der Waals surface area contributed by atoms with Crippen LogP contribution < -0.4 is 5.32 Å². The molecule has 0 aliphatic rings. The number of fused-ring (bicyclic) bond motifs is 1. The maximum atomic E-state index is 12.9. The van der Waals surface area contributed by atoms with Crippen LogP contribution in [0.15, 0.2) is 72.0 Å². The lowest BCUT2D eigenvalue weighted by molar-refractivity contribution is 0.364. The van der Waals surface area contributed by atoms with E-state index >= 15 is 0 Å². The number of rotatable bonds is 4. The number of nitrogens with one attached hydrogen (secondary N) is 1. The van der Waals surface area contributed by atoms with Crippen LogP contribution in [0.2, 0.25) is 0 Å². The number of aryl methyl sites for hydroxylation is 1. The molecular weight excluding hydrogens is 411 g/mol. The Labute approximate surface area is 162 Å². The zero-order chi connectivity index (χ0) is 20.9. The smallest absolute Gasteiger partial charge is 0.310 e. The number of hydrogen-bond acceptors (Lipinski definition) is 3. The Bertz CT molecular complexity index is 1220. The van der Waals surface area contributed by atoms with Crippen molar-refractivity contribution >= 4 is 32.8 Å². The molecule has 1 N–H and O–H groups in total. The van der Waals surface area contributed by atoms with Gasteiger partial charge < -0.3 is 9.88 Å². The first-order valence-electron chi connectivity index (χ1n) is 8.38. The molecule has 2 aromatic carbocycles. The molecule has 4 rings (SSSR count). The molecule has 29 heavy (non-hydrogen) atoms. The van der Waals surface area contributed by atoms with Gasteiger partial charge in [-0.15, -0.1) is 0 Å². The van der Waals surface area contributed by atoms with Gasteiger partial charge in [0.2, 0.25) is 0 Å². The van der Waals surface area contributed by atoms with Gasteiger partial charge in [0.25, 0.3) is 0 Å². The van der Waals surface area contributed by atoms with Crippen molar-refractivity contribution in [3.63, 3.8) is 0 Å². The number of anilines is 2. The fourth-order valence-corrected chi connectivity index (χ4v) is 3.61. The van der Waals surface area contributed by atoms with Crippen LogP contribution in [0.4, 0.5) is 30.9 Å². The highest BCUT2D eigenvalue weighted by Gasteiger charge is 2.65. The van der Waals surface area contributed by atoms with Gasteiger partial charge in [-0.2, -0.15) is 0 Å². The molecule has 0 spiro atoms. The van der Waals surface area contributed by atoms with Crippen LogP contribution in [-0.2, 0) is 7.05 Å². The van der Waals surface area contributed by atoms with Crippen molar-refractivity contribution in [1.29, 1.82) is 0 Å². The van der Waals surface area contributed by atoms with Gasteiger partial charge in [0.05, 0.1) is 17.4 Å². The van der Waals surface area contributed by atoms with Crippen molar-refractivity contribution in [2.45, 2.75) is 4.90 Å². The van der Waals surface area contributed by atoms with Gasteiger partial charge in [0, 0.05) is 24.5 Å². The van der Waals surface area contributed by atoms with Crippen LogP contribution >= 0.6 is 10.2 Å². The largest absolute Gasteiger partial charge is 0.340 e. The maximum Gasteiger partial charge on any atom is 0.310 e. The van der Waals surface area contributed by atoms with E-state index in [0.29, 0.717) is 23.5 Å². The average Bonchev–Trinajstić information content (AvgIpc) is 3.01. The van der Waals surface area contributed by atoms with E-state index in [2.05, 4.69) is 15.3 Å². The molecule has 0 fully saturated rings. The van der Waals surface area contributed by atoms with E-state index in [0.717, 1.165) is 28.7 Å². The number of aromatic nitrogens is 3. The number of halogens is 5. The Morgan fingerprint density at radius 1 is 0.897 bits per heavy atom. The minimum Gasteiger partial charge on any atom is -0.340 e. The van der Waals surface area contributed by atoms with Gasteiger partial charge in [-0.05, 0) is 54.1 Å². The van der Waals surface area contributed by atoms with Crippen LogP contribution in [0.25, 0.3) is 22.2 Å². The third kappa shape index (κ3) is 3.88. The summed E-state index contributed by atoms with van der Waals surface area (Å²) in [5, 5.41) is 2.90. The minimum atomic E-state index is -9.70. The van der Waals surface area contributed by atoms with Gasteiger partial charge in [0.1, 0.15) is 10.7 Å². The third-order valence-corrected chi connectivity index (χ3v) is 5.57. The SMILES string of the molecule is Cn1cnc2ccc(-c3cccnc3Nc3ccc(S(F)(F)(F)(F)F)cc3)cc21. The normalized spacial score (nSPS) is 14.4. The summed E-state index contributed by atoms with van der Waals surface area (Å²) in [5.74, 6) is 0.383. The fraction of sp³-hybridized carbons (Fsp3) is 0.0526. The van der Waals surface area contributed by atoms with Crippen LogP contribution in [0.3, 0.4) is 0 Å². The van der Waals surface area contributed by atoms with Crippen molar-refractivity contribution in [3.8, 4) is 11.1 Å². The van der Waals surface area contributed by atoms with E-state index in [1.807, 2.05) is 29.8 Å². The molecule has 0 bridgehead atoms. The summed E-state index contributed by atoms with van der Waals surface area (Å²) >= 11 is 0. The Balaban J connectivity index is 1.70. The molecule has 0 saturated carbocycles. The van der Waals surface area contributed by atoms with Crippen molar-refractivity contribution < 1.29 is 19.4 Å². The highest BCUT2D eigenvalue weighted by molar-refractivity contribution is 8.45. The van der Waals surface area contributed by atoms with Gasteiger partial charge in [0.15, 0.2) is 0 Å². The molecule has 152 valence electrons. The quantitative estimate of drug-likeness (QED) is 0.356. The summed E-state index contributed by atoms with van der Waals surface area (Å²) in [6, 6.07) is 11.8. The Kier molecular flexibility index (Phi) is 3.77. The topological polar surface area (TPSA) is 42.7 Å². The second-order valence-corrected chi connectivity index (χ2v) is 8.99. The van der Waals surface area contributed by atoms with E-state index in [9.17, 15) is 19.4 Å². The summed E-state index contributed by atoms with van der Waals surface area (Å²) in [6.07, 6.45) is 3.22. The maximum absolute atomic E-state index is 12.9. The minimum absolute atomic E-state index is 0.206. The number of nitrogens with zero attached hydrogens (tertiary/aromatic N) is 3. The molecular formula is C19H15F5N4S. The van der Waals surface area contributed by atoms with Gasteiger partial charge >= 0.3 is 10.2 Å². The monoisotopic (exact) mass is 426 g/mol. The highest BCUT2D eigenvalue weighted by Crippen LogP contribution is 3.02. The van der Waals surface area contributed by atoms with Crippen molar-refractivity contribution in [2.24, 2.45) is 7.05 Å². The highest BCUT2D eigenvalue weighted by atomic mass is 32.5. The molecule has 2 heterocycles. The van der Waals surface area contributed by atoms with Crippen LogP contribution in [0, 0.1) is 0 Å². The summed E-state index contributed by atoms with van der Waals surface area (Å²) in [6.45, 7) is 0. The van der Waals surface area contributed by atoms with E-state index in [-0.39, 0.29) is 5.69 Å². The van der Waals surface area contributed by atoms with Crippen molar-refractivity contribution in [1.82, 2.24) is 14.5 Å². The van der Waals surface area contributed by atoms with Gasteiger partial charge in [-0.3, -0.25) is 0 Å². The lowest BCUT2D eigenvalue weighted by Crippen LogP contribution is -2.06. The number of hydrogen-bond donors (Lipinski definition) is 1. The van der Waals surface area contributed by atoms with E-state index in [4.69, 9.17) is 0 Å². The summed E-state index contributed by atoms with van der Waals surface area (Å²) in [7, 11) is -7.84. The van der Waals surface area contributed by atoms with E-state index in [1.54, 1.807) is 18.5 Å². The Morgan fingerprint density at radius 3 is 2.31 bits per heavy atom. The Hall–Kier alpha value is -3.14. The van der Waals surface area contributed by atoms with Crippen LogP contribution in [-0.4, -0.2) is 14.5 Å². The zero-order valence-electron chi connectivity index (χ0n) is 15.0. The van der Waals surface area contributed by atoms with Gasteiger partial charge in [-0.25, -0.2) is 9.97 Å². The zero-order valence-corrected chi connectivity index (χ0v) is 15.8. The second-order valence-electron chi connectivity index (χ2n) is 6.58. The molecule has 10 heteroatoms. The average molecular weight is 426 g/mol. The predicted octanol–water partition coefficient (Wildman–Crippen LogP) is 7.04. The summed E-state index contributed by atoms with van der Waals surface area (Å²) in [5.41, 5.74) is 3.45. The van der Waals surface area contributed by atoms with Crippen molar-refractivity contribution in [3.05, 3.63) is 67.1 Å². The molecule has 0 atom stereocenters. The first-order chi connectivity index (χ1) is 13.4. The predicted molar refractivity (Wildman–Crippen MR) is 105 cm³/mol. The third-order valence-electron chi connectivity index (χ3n) is 4.41. The van der Waals surface area contributed by atoms with Crippen LogP contribution in [0.1, 0.15) is 0 Å². The molecule has 0 aliphatic heterocycles. The first kappa shape index (κ1) is 19.2. The van der Waals surface area contributed by atoms with E-state index in [1.165, 1.54) is 6.20 Å². The van der Waals surface area contributed by atoms with Gasteiger partial charge in [-0.1, -0.05) is 25.5 Å². The summed E-state index contributed by atoms with van der Waals surface area (Å²) in [4.78, 5) is 6.57. The molecule has 4 aromatic rings. The molecule has 4 nitrogen and oxygen atoms in total. The number of imidazole rings is 1. The first-order valence-corrected chi connectivity index (χ1v) is 10.3. The molecule has 0 unspecified atom stereocenters. The van der Waals surface area contributed by atoms with Crippen molar-refractivity contribution in [2.75, 3.05) is 5.32 Å². The Morgan fingerprint density at radius 2 is 1.62 bits per heavy atom. The molecule has 2 aromatic heterocycles. The molecule has 0 aliphatic carbocycles. The molecule has 0 saturated heterocycles. The fourth-order valence-electron chi connectivity index (χ4n) is 2.96. The van der Waals surface area contributed by atoms with Crippen LogP contribution in [0.5, 0.6) is 0 Å². The standard InChI is InChI=1S/C19H15F5N4S/c1-28-12-26-17-9-4-13(11-18(17)28)16-3-2-10-25-19(16)27-14-5-7-15(8-6-14)29(20,21,22,23)24/h2-12H,1H3,(H,25,27). The van der Waals surface area contributed by atoms with E-state index < -0.39 is 15.1 Å². The number of pyridine rings is 1.